The third kappa shape index (κ3) is 10.7. The van der Waals surface area contributed by atoms with Crippen LogP contribution in [0.2, 0.25) is 0 Å². The van der Waals surface area contributed by atoms with Gasteiger partial charge in [-0.25, -0.2) is 0 Å². The number of hydrogen-bond donors (Lipinski definition) is 0. The van der Waals surface area contributed by atoms with Gasteiger partial charge in [0.1, 0.15) is 36.2 Å². The molecule has 0 bridgehead atoms. The molecule has 0 aliphatic carbocycles. The summed E-state index contributed by atoms with van der Waals surface area (Å²) in [5.74, 6) is 3.60. The van der Waals surface area contributed by atoms with Crippen molar-refractivity contribution in [2.45, 2.75) is 20.3 Å². The maximum absolute atomic E-state index is 5.61. The normalized spacial score (nSPS) is 10.0. The van der Waals surface area contributed by atoms with Gasteiger partial charge in [-0.05, 0) is 73.5 Å². The van der Waals surface area contributed by atoms with E-state index in [1.54, 1.807) is 0 Å². The van der Waals surface area contributed by atoms with Gasteiger partial charge in [0.05, 0.1) is 13.2 Å². The highest BCUT2D eigenvalue weighted by atomic mass is 16.5. The summed E-state index contributed by atoms with van der Waals surface area (Å²) >= 11 is 0. The first-order chi connectivity index (χ1) is 17.2. The smallest absolute Gasteiger partial charge is 0.122 e. The van der Waals surface area contributed by atoms with Gasteiger partial charge in [0.15, 0.2) is 0 Å². The van der Waals surface area contributed by atoms with Crippen LogP contribution in [0, 0.1) is 13.8 Å². The molecular weight excluding hydrogens is 436 g/mol. The van der Waals surface area contributed by atoms with Crippen molar-refractivity contribution in [1.29, 1.82) is 0 Å². The highest BCUT2D eigenvalue weighted by molar-refractivity contribution is 5.28. The molecule has 0 atom stereocenters. The molecule has 4 nitrogen and oxygen atoms in total. The van der Waals surface area contributed by atoms with Crippen LogP contribution in [-0.2, 0) is 0 Å². The van der Waals surface area contributed by atoms with Crippen LogP contribution in [0.5, 0.6) is 23.0 Å². The summed E-state index contributed by atoms with van der Waals surface area (Å²) in [4.78, 5) is 0. The van der Waals surface area contributed by atoms with Crippen molar-refractivity contribution < 1.29 is 18.9 Å². The zero-order chi connectivity index (χ0) is 24.6. The molecule has 4 heteroatoms. The van der Waals surface area contributed by atoms with Crippen molar-refractivity contribution in [2.24, 2.45) is 0 Å². The van der Waals surface area contributed by atoms with Crippen molar-refractivity contribution in [1.82, 2.24) is 0 Å². The molecule has 0 spiro atoms. The van der Waals surface area contributed by atoms with Crippen LogP contribution in [0.3, 0.4) is 0 Å². The maximum Gasteiger partial charge on any atom is 0.122 e. The van der Waals surface area contributed by atoms with Crippen LogP contribution in [0.1, 0.15) is 17.5 Å². The van der Waals surface area contributed by atoms with E-state index >= 15 is 0 Å². The van der Waals surface area contributed by atoms with Crippen LogP contribution < -0.4 is 18.9 Å². The summed E-state index contributed by atoms with van der Waals surface area (Å²) < 4.78 is 22.4. The Morgan fingerprint density at radius 2 is 0.771 bits per heavy atom. The molecule has 0 heterocycles. The van der Waals surface area contributed by atoms with Crippen LogP contribution in [-0.4, -0.2) is 26.4 Å². The second-order valence-electron chi connectivity index (χ2n) is 8.01. The zero-order valence-electron chi connectivity index (χ0n) is 20.6. The fourth-order valence-corrected chi connectivity index (χ4v) is 3.20. The van der Waals surface area contributed by atoms with Crippen molar-refractivity contribution >= 4 is 0 Å². The second kappa shape index (κ2) is 15.1. The van der Waals surface area contributed by atoms with Crippen molar-refractivity contribution in [2.75, 3.05) is 26.4 Å². The van der Waals surface area contributed by atoms with Gasteiger partial charge in [0.2, 0.25) is 0 Å². The highest BCUT2D eigenvalue weighted by Gasteiger charge is 1.97. The number of para-hydroxylation sites is 2. The molecule has 0 saturated heterocycles. The number of aryl methyl sites for hydroxylation is 2. The number of benzene rings is 4. The molecule has 4 rings (SSSR count). The molecule has 0 saturated carbocycles. The molecule has 182 valence electrons. The predicted octanol–water partition coefficient (Wildman–Crippen LogP) is 7.30. The van der Waals surface area contributed by atoms with E-state index in [9.17, 15) is 0 Å². The minimum atomic E-state index is 0.553. The molecule has 0 unspecified atom stereocenters. The average Bonchev–Trinajstić information content (AvgIpc) is 2.88. The topological polar surface area (TPSA) is 36.9 Å². The Kier molecular flexibility index (Phi) is 11.1. The maximum atomic E-state index is 5.61. The largest absolute Gasteiger partial charge is 0.493 e. The molecule has 35 heavy (non-hydrogen) atoms. The van der Waals surface area contributed by atoms with E-state index in [4.69, 9.17) is 18.9 Å². The zero-order valence-corrected chi connectivity index (χ0v) is 20.6. The monoisotopic (exact) mass is 470 g/mol. The van der Waals surface area contributed by atoms with Gasteiger partial charge in [0, 0.05) is 6.42 Å². The lowest BCUT2D eigenvalue weighted by atomic mass is 10.2. The van der Waals surface area contributed by atoms with Crippen molar-refractivity contribution in [3.63, 3.8) is 0 Å². The standard InChI is InChI=1S/C16H18O2.C15H16O2/c1-13-5-3-7-15(11-13)17-9-10-18-16-8-4-6-14(2)12-16;1-3-8-14(9-4-1)16-12-7-13-17-15-10-5-2-6-11-15/h3-8,11-12H,9-10H2,1-2H3;1-6,8-11H,7,12-13H2. The molecule has 0 aliphatic rings. The Bertz CT molecular complexity index is 1010. The van der Waals surface area contributed by atoms with Gasteiger partial charge < -0.3 is 18.9 Å². The van der Waals surface area contributed by atoms with Crippen molar-refractivity contribution in [3.05, 3.63) is 120 Å². The molecule has 0 N–H and O–H groups in total. The van der Waals surface area contributed by atoms with Crippen LogP contribution in [0.25, 0.3) is 0 Å². The van der Waals surface area contributed by atoms with Crippen LogP contribution in [0.4, 0.5) is 0 Å². The van der Waals surface area contributed by atoms with Crippen LogP contribution in [0.15, 0.2) is 109 Å². The molecular formula is C31H34O4. The SMILES string of the molecule is Cc1cccc(OCCOc2cccc(C)c2)c1.c1ccc(OCCCOc2ccccc2)cc1. The summed E-state index contributed by atoms with van der Waals surface area (Å²) in [6, 6.07) is 35.7. The lowest BCUT2D eigenvalue weighted by Crippen LogP contribution is -2.09. The summed E-state index contributed by atoms with van der Waals surface area (Å²) in [6.07, 6.45) is 0.879. The third-order valence-corrected chi connectivity index (χ3v) is 4.91. The lowest BCUT2D eigenvalue weighted by Gasteiger charge is -2.09. The number of ether oxygens (including phenoxy) is 4. The Balaban J connectivity index is 0.000000196. The van der Waals surface area contributed by atoms with E-state index in [0.717, 1.165) is 29.4 Å². The Morgan fingerprint density at radius 3 is 1.17 bits per heavy atom. The summed E-state index contributed by atoms with van der Waals surface area (Å²) in [6.45, 7) is 6.56. The molecule has 4 aromatic carbocycles. The van der Waals surface area contributed by atoms with Gasteiger partial charge in [-0.1, -0.05) is 60.7 Å². The van der Waals surface area contributed by atoms with Gasteiger partial charge in [-0.3, -0.25) is 0 Å². The number of hydrogen-bond acceptors (Lipinski definition) is 4. The fourth-order valence-electron chi connectivity index (χ4n) is 3.20. The average molecular weight is 471 g/mol. The summed E-state index contributed by atoms with van der Waals surface area (Å²) in [5.41, 5.74) is 2.40. The summed E-state index contributed by atoms with van der Waals surface area (Å²) in [7, 11) is 0. The first-order valence-electron chi connectivity index (χ1n) is 11.9. The third-order valence-electron chi connectivity index (χ3n) is 4.91. The molecule has 0 aliphatic heterocycles. The fraction of sp³-hybridized carbons (Fsp3) is 0.226. The minimum Gasteiger partial charge on any atom is -0.493 e. The van der Waals surface area contributed by atoms with E-state index in [0.29, 0.717) is 26.4 Å². The summed E-state index contributed by atoms with van der Waals surface area (Å²) in [5, 5.41) is 0. The van der Waals surface area contributed by atoms with E-state index in [-0.39, 0.29) is 0 Å². The van der Waals surface area contributed by atoms with Crippen LogP contribution >= 0.6 is 0 Å². The highest BCUT2D eigenvalue weighted by Crippen LogP contribution is 2.14. The van der Waals surface area contributed by atoms with Gasteiger partial charge in [0.25, 0.3) is 0 Å². The van der Waals surface area contributed by atoms with Gasteiger partial charge in [-0.15, -0.1) is 0 Å². The van der Waals surface area contributed by atoms with E-state index in [1.165, 1.54) is 11.1 Å². The molecule has 0 aromatic heterocycles. The number of rotatable bonds is 11. The molecule has 0 amide bonds. The second-order valence-corrected chi connectivity index (χ2v) is 8.01. The lowest BCUT2D eigenvalue weighted by molar-refractivity contribution is 0.217. The Labute approximate surface area is 209 Å². The van der Waals surface area contributed by atoms with E-state index in [2.05, 4.69) is 26.0 Å². The van der Waals surface area contributed by atoms with Gasteiger partial charge in [-0.2, -0.15) is 0 Å². The first-order valence-corrected chi connectivity index (χ1v) is 11.9. The van der Waals surface area contributed by atoms with E-state index < -0.39 is 0 Å². The first kappa shape index (κ1) is 25.7. The Morgan fingerprint density at radius 1 is 0.400 bits per heavy atom. The van der Waals surface area contributed by atoms with Gasteiger partial charge >= 0.3 is 0 Å². The minimum absolute atomic E-state index is 0.553. The quantitative estimate of drug-likeness (QED) is 0.216. The van der Waals surface area contributed by atoms with Crippen molar-refractivity contribution in [3.8, 4) is 23.0 Å². The molecule has 4 aromatic rings. The van der Waals surface area contributed by atoms with E-state index in [1.807, 2.05) is 97.1 Å². The molecule has 0 fully saturated rings. The Hall–Kier alpha value is -3.92. The molecule has 0 radical (unpaired) electrons. The predicted molar refractivity (Wildman–Crippen MR) is 142 cm³/mol.